The summed E-state index contributed by atoms with van der Waals surface area (Å²) in [6.07, 6.45) is 3.80. The summed E-state index contributed by atoms with van der Waals surface area (Å²) in [5.41, 5.74) is 0.545. The van der Waals surface area contributed by atoms with Gasteiger partial charge in [0.1, 0.15) is 11.9 Å². The fourth-order valence-corrected chi connectivity index (χ4v) is 3.25. The first-order valence-electron chi connectivity index (χ1n) is 9.40. The molecule has 3 aromatic rings. The molecule has 1 atom stereocenters. The highest BCUT2D eigenvalue weighted by atomic mass is 32.1. The average molecular weight is 428 g/mol. The van der Waals surface area contributed by atoms with Gasteiger partial charge >= 0.3 is 0 Å². The molecule has 0 aliphatic carbocycles. The number of amides is 2. The van der Waals surface area contributed by atoms with E-state index >= 15 is 0 Å². The summed E-state index contributed by atoms with van der Waals surface area (Å²) in [6.45, 7) is 5.78. The first kappa shape index (κ1) is 21.5. The molecular formula is C21H22FN5O2S. The van der Waals surface area contributed by atoms with Gasteiger partial charge in [-0.1, -0.05) is 11.4 Å². The number of aromatic nitrogens is 3. The van der Waals surface area contributed by atoms with E-state index in [-0.39, 0.29) is 11.6 Å². The van der Waals surface area contributed by atoms with E-state index in [1.807, 2.05) is 20.8 Å². The molecule has 9 heteroatoms. The molecule has 0 fully saturated rings. The molecule has 0 unspecified atom stereocenters. The van der Waals surface area contributed by atoms with Gasteiger partial charge in [-0.15, -0.1) is 5.10 Å². The van der Waals surface area contributed by atoms with Crippen molar-refractivity contribution in [2.45, 2.75) is 38.8 Å². The third-order valence-electron chi connectivity index (χ3n) is 4.78. The maximum Gasteiger partial charge on any atom is 0.280 e. The lowest BCUT2D eigenvalue weighted by Gasteiger charge is -2.34. The average Bonchev–Trinajstić information content (AvgIpc) is 3.27. The van der Waals surface area contributed by atoms with Crippen LogP contribution < -0.4 is 10.2 Å². The second kappa shape index (κ2) is 9.08. The van der Waals surface area contributed by atoms with Crippen molar-refractivity contribution in [3.8, 4) is 0 Å². The Hall–Kier alpha value is -3.20. The summed E-state index contributed by atoms with van der Waals surface area (Å²) in [6, 6.07) is 7.73. The van der Waals surface area contributed by atoms with E-state index in [2.05, 4.69) is 19.9 Å². The van der Waals surface area contributed by atoms with Crippen molar-refractivity contribution in [2.24, 2.45) is 0 Å². The van der Waals surface area contributed by atoms with Gasteiger partial charge in [0.05, 0.1) is 0 Å². The lowest BCUT2D eigenvalue weighted by Crippen LogP contribution is -2.50. The Balaban J connectivity index is 2.14. The Morgan fingerprint density at radius 1 is 1.17 bits per heavy atom. The standard InChI is InChI=1S/C21H22FN5O2S/c1-4-21(2,3)24-19(28)18(14-9-11-23-12-10-14)27(16-7-5-15(22)6-8-16)20(29)17-13-30-26-25-17/h5-13,18H,4H2,1-3H3,(H,24,28)/t18-/m0/s1. The number of carbonyl (C=O) groups excluding carboxylic acids is 2. The van der Waals surface area contributed by atoms with Gasteiger partial charge in [0.15, 0.2) is 5.69 Å². The molecule has 1 N–H and O–H groups in total. The maximum absolute atomic E-state index is 13.6. The lowest BCUT2D eigenvalue weighted by atomic mass is 9.98. The van der Waals surface area contributed by atoms with Crippen LogP contribution in [0.3, 0.4) is 0 Å². The number of hydrogen-bond acceptors (Lipinski definition) is 6. The predicted molar refractivity (Wildman–Crippen MR) is 113 cm³/mol. The minimum Gasteiger partial charge on any atom is -0.349 e. The fraction of sp³-hybridized carbons (Fsp3) is 0.286. The monoisotopic (exact) mass is 427 g/mol. The second-order valence-electron chi connectivity index (χ2n) is 7.35. The second-order valence-corrected chi connectivity index (χ2v) is 7.96. The maximum atomic E-state index is 13.6. The lowest BCUT2D eigenvalue weighted by molar-refractivity contribution is -0.124. The summed E-state index contributed by atoms with van der Waals surface area (Å²) in [5, 5.41) is 8.38. The molecule has 0 aliphatic rings. The first-order valence-corrected chi connectivity index (χ1v) is 10.2. The Morgan fingerprint density at radius 2 is 1.83 bits per heavy atom. The molecule has 2 heterocycles. The molecule has 0 aliphatic heterocycles. The van der Waals surface area contributed by atoms with Gasteiger partial charge in [-0.05, 0) is 73.8 Å². The van der Waals surface area contributed by atoms with E-state index < -0.39 is 23.3 Å². The molecule has 0 radical (unpaired) electrons. The van der Waals surface area contributed by atoms with Crippen molar-refractivity contribution in [3.63, 3.8) is 0 Å². The minimum absolute atomic E-state index is 0.103. The number of rotatable bonds is 7. The molecule has 0 spiro atoms. The van der Waals surface area contributed by atoms with Crippen LogP contribution in [-0.4, -0.2) is 31.9 Å². The zero-order chi connectivity index (χ0) is 21.7. The number of hydrogen-bond donors (Lipinski definition) is 1. The quantitative estimate of drug-likeness (QED) is 0.620. The van der Waals surface area contributed by atoms with Crippen molar-refractivity contribution >= 4 is 29.0 Å². The molecule has 0 bridgehead atoms. The largest absolute Gasteiger partial charge is 0.349 e. The highest BCUT2D eigenvalue weighted by Gasteiger charge is 2.36. The highest BCUT2D eigenvalue weighted by molar-refractivity contribution is 7.03. The SMILES string of the molecule is CCC(C)(C)NC(=O)[C@H](c1ccncc1)N(C(=O)c1csnn1)c1ccc(F)cc1. The van der Waals surface area contributed by atoms with Crippen molar-refractivity contribution in [2.75, 3.05) is 4.90 Å². The van der Waals surface area contributed by atoms with Gasteiger partial charge in [0.2, 0.25) is 5.91 Å². The van der Waals surface area contributed by atoms with Crippen LogP contribution in [0.1, 0.15) is 49.3 Å². The zero-order valence-corrected chi connectivity index (χ0v) is 17.7. The summed E-state index contributed by atoms with van der Waals surface area (Å²) < 4.78 is 17.3. The number of nitrogens with zero attached hydrogens (tertiary/aromatic N) is 4. The molecule has 7 nitrogen and oxygen atoms in total. The number of anilines is 1. The van der Waals surface area contributed by atoms with Crippen molar-refractivity contribution in [1.82, 2.24) is 19.9 Å². The molecule has 0 saturated heterocycles. The summed E-state index contributed by atoms with van der Waals surface area (Å²) in [5.74, 6) is -1.32. The molecule has 2 aromatic heterocycles. The first-order chi connectivity index (χ1) is 14.3. The molecule has 30 heavy (non-hydrogen) atoms. The van der Waals surface area contributed by atoms with Crippen molar-refractivity contribution in [3.05, 3.63) is 71.2 Å². The van der Waals surface area contributed by atoms with Gasteiger partial charge in [0.25, 0.3) is 5.91 Å². The van der Waals surface area contributed by atoms with E-state index in [9.17, 15) is 14.0 Å². The topological polar surface area (TPSA) is 88.1 Å². The third kappa shape index (κ3) is 4.85. The van der Waals surface area contributed by atoms with Gasteiger partial charge in [0, 0.05) is 29.0 Å². The van der Waals surface area contributed by atoms with E-state index in [0.717, 1.165) is 11.5 Å². The van der Waals surface area contributed by atoms with Crippen LogP contribution in [0.15, 0.2) is 54.2 Å². The molecule has 2 amide bonds. The van der Waals surface area contributed by atoms with Gasteiger partial charge in [-0.3, -0.25) is 19.5 Å². The molecule has 3 rings (SSSR count). The third-order valence-corrected chi connectivity index (χ3v) is 5.28. The van der Waals surface area contributed by atoms with Crippen LogP contribution in [0.4, 0.5) is 10.1 Å². The fourth-order valence-electron chi connectivity index (χ4n) is 2.82. The molecular weight excluding hydrogens is 405 g/mol. The Bertz CT molecular complexity index is 994. The van der Waals surface area contributed by atoms with Crippen molar-refractivity contribution < 1.29 is 14.0 Å². The van der Waals surface area contributed by atoms with Crippen LogP contribution in [0.25, 0.3) is 0 Å². The van der Waals surface area contributed by atoms with Crippen LogP contribution >= 0.6 is 11.5 Å². The normalized spacial score (nSPS) is 12.3. The Labute approximate surface area is 178 Å². The predicted octanol–water partition coefficient (Wildman–Crippen LogP) is 3.77. The number of carbonyl (C=O) groups is 2. The van der Waals surface area contributed by atoms with Crippen molar-refractivity contribution in [1.29, 1.82) is 0 Å². The van der Waals surface area contributed by atoms with E-state index in [1.54, 1.807) is 24.5 Å². The van der Waals surface area contributed by atoms with E-state index in [1.165, 1.54) is 34.5 Å². The van der Waals surface area contributed by atoms with E-state index in [4.69, 9.17) is 0 Å². The number of pyridine rings is 1. The van der Waals surface area contributed by atoms with Crippen LogP contribution in [0, 0.1) is 5.82 Å². The van der Waals surface area contributed by atoms with E-state index in [0.29, 0.717) is 17.7 Å². The molecule has 1 aromatic carbocycles. The van der Waals surface area contributed by atoms with Gasteiger partial charge < -0.3 is 5.32 Å². The van der Waals surface area contributed by atoms with Gasteiger partial charge in [-0.2, -0.15) is 0 Å². The van der Waals surface area contributed by atoms with Crippen LogP contribution in [0.2, 0.25) is 0 Å². The number of benzene rings is 1. The molecule has 0 saturated carbocycles. The van der Waals surface area contributed by atoms with Crippen LogP contribution in [0.5, 0.6) is 0 Å². The Morgan fingerprint density at radius 3 is 2.40 bits per heavy atom. The smallest absolute Gasteiger partial charge is 0.280 e. The highest BCUT2D eigenvalue weighted by Crippen LogP contribution is 2.30. The van der Waals surface area contributed by atoms with Gasteiger partial charge in [-0.25, -0.2) is 4.39 Å². The van der Waals surface area contributed by atoms with Crippen LogP contribution in [-0.2, 0) is 4.79 Å². The Kier molecular flexibility index (Phi) is 6.51. The minimum atomic E-state index is -1.02. The zero-order valence-electron chi connectivity index (χ0n) is 16.9. The number of nitrogens with one attached hydrogen (secondary N) is 1. The summed E-state index contributed by atoms with van der Waals surface area (Å²) in [7, 11) is 0. The number of halogens is 1. The summed E-state index contributed by atoms with van der Waals surface area (Å²) in [4.78, 5) is 32.2. The summed E-state index contributed by atoms with van der Waals surface area (Å²) >= 11 is 1.03. The molecule has 156 valence electrons.